The second kappa shape index (κ2) is 4.73. The number of hydrogen-bond donors (Lipinski definition) is 1. The van der Waals surface area contributed by atoms with E-state index >= 15 is 0 Å². The molecule has 2 N–H and O–H groups in total. The molecule has 100 valence electrons. The van der Waals surface area contributed by atoms with Crippen LogP contribution in [-0.2, 0) is 0 Å². The number of aromatic nitrogens is 3. The van der Waals surface area contributed by atoms with E-state index < -0.39 is 11.6 Å². The average molecular weight is 272 g/mol. The highest BCUT2D eigenvalue weighted by Crippen LogP contribution is 2.23. The molecular weight excluding hydrogens is 262 g/mol. The standard InChI is InChI=1S/C14H10F2N4/c15-12-5-4-9(6-13(12)16)14-8-18-19-20(14)11-3-1-2-10(17)7-11/h1-8H,17H2. The van der Waals surface area contributed by atoms with Crippen molar-refractivity contribution >= 4 is 5.69 Å². The van der Waals surface area contributed by atoms with E-state index in [2.05, 4.69) is 10.3 Å². The number of nitrogens with two attached hydrogens (primary N) is 1. The summed E-state index contributed by atoms with van der Waals surface area (Å²) in [5, 5.41) is 7.76. The number of nitrogens with zero attached hydrogens (tertiary/aromatic N) is 3. The van der Waals surface area contributed by atoms with Gasteiger partial charge in [0.25, 0.3) is 0 Å². The Bertz CT molecular complexity index is 767. The zero-order valence-electron chi connectivity index (χ0n) is 10.3. The molecule has 20 heavy (non-hydrogen) atoms. The third kappa shape index (κ3) is 2.11. The third-order valence-electron chi connectivity index (χ3n) is 2.88. The van der Waals surface area contributed by atoms with Gasteiger partial charge >= 0.3 is 0 Å². The normalized spacial score (nSPS) is 10.7. The Hall–Kier alpha value is -2.76. The first-order valence-corrected chi connectivity index (χ1v) is 5.87. The van der Waals surface area contributed by atoms with Crippen molar-refractivity contribution in [3.05, 3.63) is 60.3 Å². The van der Waals surface area contributed by atoms with Gasteiger partial charge in [0.15, 0.2) is 11.6 Å². The maximum Gasteiger partial charge on any atom is 0.159 e. The summed E-state index contributed by atoms with van der Waals surface area (Å²) in [7, 11) is 0. The molecule has 0 aliphatic carbocycles. The molecule has 0 radical (unpaired) electrons. The van der Waals surface area contributed by atoms with Gasteiger partial charge in [-0.15, -0.1) is 5.10 Å². The van der Waals surface area contributed by atoms with E-state index in [4.69, 9.17) is 5.73 Å². The second-order valence-electron chi connectivity index (χ2n) is 4.25. The summed E-state index contributed by atoms with van der Waals surface area (Å²) in [5.74, 6) is -1.81. The van der Waals surface area contributed by atoms with Crippen LogP contribution in [0.1, 0.15) is 0 Å². The number of hydrogen-bond acceptors (Lipinski definition) is 3. The van der Waals surface area contributed by atoms with E-state index in [1.54, 1.807) is 24.3 Å². The largest absolute Gasteiger partial charge is 0.399 e. The van der Waals surface area contributed by atoms with E-state index in [-0.39, 0.29) is 0 Å². The first-order valence-electron chi connectivity index (χ1n) is 5.87. The Morgan fingerprint density at radius 3 is 2.60 bits per heavy atom. The van der Waals surface area contributed by atoms with Crippen LogP contribution in [0.15, 0.2) is 48.7 Å². The van der Waals surface area contributed by atoms with Crippen LogP contribution in [0.5, 0.6) is 0 Å². The van der Waals surface area contributed by atoms with Gasteiger partial charge < -0.3 is 5.73 Å². The lowest BCUT2D eigenvalue weighted by Gasteiger charge is -2.07. The van der Waals surface area contributed by atoms with Gasteiger partial charge in [-0.05, 0) is 36.4 Å². The Labute approximate surface area is 113 Å². The van der Waals surface area contributed by atoms with Crippen LogP contribution in [0, 0.1) is 11.6 Å². The van der Waals surface area contributed by atoms with E-state index in [1.807, 2.05) is 0 Å². The minimum Gasteiger partial charge on any atom is -0.399 e. The van der Waals surface area contributed by atoms with Crippen molar-refractivity contribution in [2.75, 3.05) is 5.73 Å². The maximum atomic E-state index is 13.3. The van der Waals surface area contributed by atoms with Crippen molar-refractivity contribution in [3.8, 4) is 16.9 Å². The van der Waals surface area contributed by atoms with Gasteiger partial charge in [-0.2, -0.15) is 0 Å². The summed E-state index contributed by atoms with van der Waals surface area (Å²) < 4.78 is 27.8. The monoisotopic (exact) mass is 272 g/mol. The minimum absolute atomic E-state index is 0.483. The molecule has 6 heteroatoms. The molecule has 0 saturated heterocycles. The molecule has 0 amide bonds. The summed E-state index contributed by atoms with van der Waals surface area (Å²) in [4.78, 5) is 0. The van der Waals surface area contributed by atoms with E-state index in [1.165, 1.54) is 16.9 Å². The fraction of sp³-hybridized carbons (Fsp3) is 0. The molecule has 0 atom stereocenters. The molecule has 1 aromatic heterocycles. The van der Waals surface area contributed by atoms with Gasteiger partial charge in [-0.1, -0.05) is 11.3 Å². The molecule has 1 heterocycles. The SMILES string of the molecule is Nc1cccc(-n2nncc2-c2ccc(F)c(F)c2)c1. The summed E-state index contributed by atoms with van der Waals surface area (Å²) in [5.41, 5.74) is 8.03. The van der Waals surface area contributed by atoms with Crippen LogP contribution in [-0.4, -0.2) is 15.0 Å². The molecule has 0 saturated carbocycles. The van der Waals surface area contributed by atoms with Crippen LogP contribution < -0.4 is 5.73 Å². The first-order chi connectivity index (χ1) is 9.65. The van der Waals surface area contributed by atoms with Crippen LogP contribution in [0.2, 0.25) is 0 Å². The van der Waals surface area contributed by atoms with E-state index in [0.29, 0.717) is 22.6 Å². The topological polar surface area (TPSA) is 56.7 Å². The Morgan fingerprint density at radius 2 is 1.85 bits per heavy atom. The molecule has 4 nitrogen and oxygen atoms in total. The quantitative estimate of drug-likeness (QED) is 0.730. The molecular formula is C14H10F2N4. The fourth-order valence-electron chi connectivity index (χ4n) is 1.93. The molecule has 3 aromatic rings. The fourth-order valence-corrected chi connectivity index (χ4v) is 1.93. The van der Waals surface area contributed by atoms with Crippen molar-refractivity contribution in [2.45, 2.75) is 0 Å². The molecule has 0 spiro atoms. The lowest BCUT2D eigenvalue weighted by Crippen LogP contribution is -2.00. The first kappa shape index (κ1) is 12.3. The lowest BCUT2D eigenvalue weighted by atomic mass is 10.1. The third-order valence-corrected chi connectivity index (χ3v) is 2.88. The van der Waals surface area contributed by atoms with Crippen LogP contribution in [0.4, 0.5) is 14.5 Å². The van der Waals surface area contributed by atoms with Crippen molar-refractivity contribution in [1.82, 2.24) is 15.0 Å². The van der Waals surface area contributed by atoms with Crippen molar-refractivity contribution < 1.29 is 8.78 Å². The van der Waals surface area contributed by atoms with Gasteiger partial charge in [-0.3, -0.25) is 0 Å². The van der Waals surface area contributed by atoms with Crippen LogP contribution in [0.25, 0.3) is 16.9 Å². The highest BCUT2D eigenvalue weighted by Gasteiger charge is 2.11. The average Bonchev–Trinajstić information content (AvgIpc) is 2.91. The van der Waals surface area contributed by atoms with E-state index in [0.717, 1.165) is 12.1 Å². The van der Waals surface area contributed by atoms with Gasteiger partial charge in [0.1, 0.15) is 0 Å². The summed E-state index contributed by atoms with van der Waals surface area (Å²) in [6.07, 6.45) is 1.48. The smallest absolute Gasteiger partial charge is 0.159 e. The second-order valence-corrected chi connectivity index (χ2v) is 4.25. The number of benzene rings is 2. The van der Waals surface area contributed by atoms with Gasteiger partial charge in [0.05, 0.1) is 17.6 Å². The van der Waals surface area contributed by atoms with Crippen molar-refractivity contribution in [3.63, 3.8) is 0 Å². The predicted octanol–water partition coefficient (Wildman–Crippen LogP) is 2.79. The molecule has 2 aromatic carbocycles. The van der Waals surface area contributed by atoms with Crippen LogP contribution >= 0.6 is 0 Å². The minimum atomic E-state index is -0.914. The number of rotatable bonds is 2. The van der Waals surface area contributed by atoms with Gasteiger partial charge in [-0.25, -0.2) is 13.5 Å². The lowest BCUT2D eigenvalue weighted by molar-refractivity contribution is 0.509. The van der Waals surface area contributed by atoms with Crippen LogP contribution in [0.3, 0.4) is 0 Å². The highest BCUT2D eigenvalue weighted by molar-refractivity contribution is 5.62. The number of anilines is 1. The molecule has 0 fully saturated rings. The van der Waals surface area contributed by atoms with Gasteiger partial charge in [0, 0.05) is 11.3 Å². The molecule has 0 aliphatic rings. The Morgan fingerprint density at radius 1 is 1.00 bits per heavy atom. The maximum absolute atomic E-state index is 13.3. The molecule has 0 unspecified atom stereocenters. The van der Waals surface area contributed by atoms with E-state index in [9.17, 15) is 8.78 Å². The predicted molar refractivity (Wildman–Crippen MR) is 71.1 cm³/mol. The zero-order chi connectivity index (χ0) is 14.1. The summed E-state index contributed by atoms with van der Waals surface area (Å²) >= 11 is 0. The highest BCUT2D eigenvalue weighted by atomic mass is 19.2. The number of nitrogen functional groups attached to an aromatic ring is 1. The van der Waals surface area contributed by atoms with Crippen molar-refractivity contribution in [1.29, 1.82) is 0 Å². The molecule has 0 aliphatic heterocycles. The number of halogens is 2. The summed E-state index contributed by atoms with van der Waals surface area (Å²) in [6, 6.07) is 10.7. The molecule has 0 bridgehead atoms. The van der Waals surface area contributed by atoms with Crippen molar-refractivity contribution in [2.24, 2.45) is 0 Å². The summed E-state index contributed by atoms with van der Waals surface area (Å²) in [6.45, 7) is 0. The molecule has 3 rings (SSSR count). The Kier molecular flexibility index (Phi) is 2.90. The van der Waals surface area contributed by atoms with Gasteiger partial charge in [0.2, 0.25) is 0 Å². The zero-order valence-corrected chi connectivity index (χ0v) is 10.3. The Balaban J connectivity index is 2.12.